The minimum atomic E-state index is -3.47. The number of halogens is 1. The summed E-state index contributed by atoms with van der Waals surface area (Å²) < 4.78 is 27.1. The number of aromatic nitrogens is 2. The first-order valence-electron chi connectivity index (χ1n) is 9.68. The molecule has 0 spiro atoms. The number of pyridine rings is 1. The van der Waals surface area contributed by atoms with Gasteiger partial charge in [-0.3, -0.25) is 9.52 Å². The van der Waals surface area contributed by atoms with Gasteiger partial charge in [-0.15, -0.1) is 0 Å². The molecule has 2 aromatic heterocycles. The van der Waals surface area contributed by atoms with E-state index < -0.39 is 10.0 Å². The Morgan fingerprint density at radius 3 is 2.48 bits per heavy atom. The van der Waals surface area contributed by atoms with Gasteiger partial charge in [0.1, 0.15) is 5.82 Å². The monoisotopic (exact) mass is 459 g/mol. The molecule has 0 unspecified atom stereocenters. The van der Waals surface area contributed by atoms with Crippen molar-refractivity contribution in [1.82, 2.24) is 9.55 Å². The molecule has 4 rings (SSSR count). The van der Waals surface area contributed by atoms with Crippen LogP contribution in [0.2, 0.25) is 5.02 Å². The Morgan fingerprint density at radius 1 is 1.13 bits per heavy atom. The molecule has 162 valence electrons. The minimum absolute atomic E-state index is 0.269. The Morgan fingerprint density at radius 2 is 1.87 bits per heavy atom. The highest BCUT2D eigenvalue weighted by molar-refractivity contribution is 7.92. The number of carbonyl (C=O) groups is 1. The Labute approximate surface area is 185 Å². The third-order valence-corrected chi connectivity index (χ3v) is 5.76. The highest BCUT2D eigenvalue weighted by Crippen LogP contribution is 2.25. The maximum atomic E-state index is 12.8. The number of benzene rings is 1. The summed E-state index contributed by atoms with van der Waals surface area (Å²) in [5.74, 6) is 0.384. The van der Waals surface area contributed by atoms with E-state index in [-0.39, 0.29) is 11.6 Å². The van der Waals surface area contributed by atoms with Crippen molar-refractivity contribution in [2.45, 2.75) is 13.3 Å². The lowest BCUT2D eigenvalue weighted by Crippen LogP contribution is -2.36. The van der Waals surface area contributed by atoms with Crippen LogP contribution in [0.15, 0.2) is 48.8 Å². The molecule has 3 aromatic rings. The maximum Gasteiger partial charge on any atom is 0.257 e. The molecule has 0 saturated carbocycles. The highest BCUT2D eigenvalue weighted by atomic mass is 35.5. The second-order valence-electron chi connectivity index (χ2n) is 7.51. The van der Waals surface area contributed by atoms with Crippen LogP contribution < -0.4 is 14.9 Å². The molecule has 2 N–H and O–H groups in total. The third-order valence-electron chi connectivity index (χ3n) is 4.93. The van der Waals surface area contributed by atoms with Crippen molar-refractivity contribution in [3.63, 3.8) is 0 Å². The van der Waals surface area contributed by atoms with Crippen LogP contribution in [0, 0.1) is 6.92 Å². The average molecular weight is 460 g/mol. The van der Waals surface area contributed by atoms with Crippen LogP contribution in [0.1, 0.15) is 22.5 Å². The van der Waals surface area contributed by atoms with Gasteiger partial charge < -0.3 is 14.8 Å². The summed E-state index contributed by atoms with van der Waals surface area (Å²) in [6, 6.07) is 10.2. The molecule has 31 heavy (non-hydrogen) atoms. The van der Waals surface area contributed by atoms with Gasteiger partial charge in [0, 0.05) is 35.7 Å². The Balaban J connectivity index is 1.52. The fourth-order valence-electron chi connectivity index (χ4n) is 3.36. The van der Waals surface area contributed by atoms with Crippen molar-refractivity contribution in [3.8, 4) is 5.82 Å². The largest absolute Gasteiger partial charge is 0.370 e. The van der Waals surface area contributed by atoms with Gasteiger partial charge in [0.2, 0.25) is 10.0 Å². The van der Waals surface area contributed by atoms with Crippen molar-refractivity contribution >= 4 is 44.6 Å². The SMILES string of the molecule is Cc1cc(C(=O)Nc2cc(Cl)cc(NS(C)(=O)=O)c2)cn1-c1ccc(N2CCC2)cn1. The summed E-state index contributed by atoms with van der Waals surface area (Å²) in [6.45, 7) is 4.01. The van der Waals surface area contributed by atoms with E-state index in [1.807, 2.05) is 29.8 Å². The van der Waals surface area contributed by atoms with E-state index in [2.05, 4.69) is 19.9 Å². The van der Waals surface area contributed by atoms with Gasteiger partial charge in [0.05, 0.1) is 29.4 Å². The minimum Gasteiger partial charge on any atom is -0.370 e. The lowest BCUT2D eigenvalue weighted by molar-refractivity contribution is 0.102. The number of rotatable bonds is 6. The van der Waals surface area contributed by atoms with Gasteiger partial charge in [0.25, 0.3) is 5.91 Å². The molecule has 1 aliphatic heterocycles. The maximum absolute atomic E-state index is 12.8. The lowest BCUT2D eigenvalue weighted by atomic mass is 10.2. The summed E-state index contributed by atoms with van der Waals surface area (Å²) in [5, 5.41) is 3.05. The summed E-state index contributed by atoms with van der Waals surface area (Å²) >= 11 is 6.07. The number of nitrogens with one attached hydrogen (secondary N) is 2. The first-order valence-corrected chi connectivity index (χ1v) is 11.9. The van der Waals surface area contributed by atoms with Crippen molar-refractivity contribution in [1.29, 1.82) is 0 Å². The zero-order chi connectivity index (χ0) is 22.2. The van der Waals surface area contributed by atoms with Gasteiger partial charge in [-0.1, -0.05) is 11.6 Å². The average Bonchev–Trinajstić information content (AvgIpc) is 3.01. The first-order chi connectivity index (χ1) is 14.7. The molecule has 1 amide bonds. The van der Waals surface area contributed by atoms with E-state index >= 15 is 0 Å². The molecule has 1 aromatic carbocycles. The van der Waals surface area contributed by atoms with Gasteiger partial charge in [-0.05, 0) is 49.7 Å². The molecule has 1 aliphatic rings. The number of anilines is 3. The number of aryl methyl sites for hydroxylation is 1. The molecule has 0 bridgehead atoms. The predicted molar refractivity (Wildman–Crippen MR) is 123 cm³/mol. The van der Waals surface area contributed by atoms with Gasteiger partial charge >= 0.3 is 0 Å². The van der Waals surface area contributed by atoms with Gasteiger partial charge in [-0.2, -0.15) is 0 Å². The molecular formula is C21H22ClN5O3S. The van der Waals surface area contributed by atoms with Crippen LogP contribution in [0.3, 0.4) is 0 Å². The van der Waals surface area contributed by atoms with E-state index in [0.29, 0.717) is 16.3 Å². The van der Waals surface area contributed by atoms with Crippen molar-refractivity contribution in [3.05, 3.63) is 65.1 Å². The molecule has 1 fully saturated rings. The quantitative estimate of drug-likeness (QED) is 0.586. The third kappa shape index (κ3) is 5.00. The second kappa shape index (κ2) is 8.24. The number of hydrogen-bond acceptors (Lipinski definition) is 5. The molecule has 0 radical (unpaired) electrons. The van der Waals surface area contributed by atoms with Crippen LogP contribution >= 0.6 is 11.6 Å². The standard InChI is InChI=1S/C21H22ClN5O3S/c1-14-8-15(13-27(14)20-5-4-19(12-23-20)26-6-3-7-26)21(28)24-17-9-16(22)10-18(11-17)25-31(2,29)30/h4-5,8-13,25H,3,6-7H2,1-2H3,(H,24,28). The summed E-state index contributed by atoms with van der Waals surface area (Å²) in [5.41, 5.74) is 3.05. The number of hydrogen-bond donors (Lipinski definition) is 2. The molecule has 1 saturated heterocycles. The van der Waals surface area contributed by atoms with Crippen molar-refractivity contribution in [2.24, 2.45) is 0 Å². The molecule has 3 heterocycles. The zero-order valence-electron chi connectivity index (χ0n) is 17.1. The second-order valence-corrected chi connectivity index (χ2v) is 9.70. The predicted octanol–water partition coefficient (Wildman–Crippen LogP) is 3.67. The summed E-state index contributed by atoms with van der Waals surface area (Å²) in [7, 11) is -3.47. The van der Waals surface area contributed by atoms with Crippen molar-refractivity contribution < 1.29 is 13.2 Å². The Hall–Kier alpha value is -3.04. The smallest absolute Gasteiger partial charge is 0.257 e. The van der Waals surface area contributed by atoms with Crippen LogP contribution in [-0.4, -0.2) is 43.2 Å². The van der Waals surface area contributed by atoms with E-state index in [9.17, 15) is 13.2 Å². The Bertz CT molecular complexity index is 1230. The zero-order valence-corrected chi connectivity index (χ0v) is 18.7. The summed E-state index contributed by atoms with van der Waals surface area (Å²) in [4.78, 5) is 19.6. The van der Waals surface area contributed by atoms with Crippen LogP contribution in [-0.2, 0) is 10.0 Å². The number of amides is 1. The van der Waals surface area contributed by atoms with E-state index in [1.54, 1.807) is 18.3 Å². The summed E-state index contributed by atoms with van der Waals surface area (Å²) in [6.07, 6.45) is 5.81. The number of carbonyl (C=O) groups excluding carboxylic acids is 1. The van der Waals surface area contributed by atoms with Gasteiger partial charge in [-0.25, -0.2) is 13.4 Å². The van der Waals surface area contributed by atoms with Crippen LogP contribution in [0.5, 0.6) is 0 Å². The molecule has 8 nitrogen and oxygen atoms in total. The molecule has 10 heteroatoms. The number of sulfonamides is 1. The lowest BCUT2D eigenvalue weighted by Gasteiger charge is -2.32. The molecule has 0 aliphatic carbocycles. The van der Waals surface area contributed by atoms with E-state index in [1.165, 1.54) is 18.6 Å². The fourth-order valence-corrected chi connectivity index (χ4v) is 4.15. The normalized spacial score (nSPS) is 13.6. The van der Waals surface area contributed by atoms with E-state index in [0.717, 1.165) is 36.5 Å². The fraction of sp³-hybridized carbons (Fsp3) is 0.238. The van der Waals surface area contributed by atoms with Crippen molar-refractivity contribution in [2.75, 3.05) is 34.3 Å². The molecular weight excluding hydrogens is 438 g/mol. The molecule has 0 atom stereocenters. The number of nitrogens with zero attached hydrogens (tertiary/aromatic N) is 3. The first kappa shape index (κ1) is 21.2. The van der Waals surface area contributed by atoms with Gasteiger partial charge in [0.15, 0.2) is 0 Å². The topological polar surface area (TPSA) is 96.3 Å². The highest BCUT2D eigenvalue weighted by Gasteiger charge is 2.16. The van der Waals surface area contributed by atoms with Crippen LogP contribution in [0.4, 0.5) is 17.1 Å². The Kier molecular flexibility index (Phi) is 5.63. The van der Waals surface area contributed by atoms with E-state index in [4.69, 9.17) is 11.6 Å². The van der Waals surface area contributed by atoms with Crippen LogP contribution in [0.25, 0.3) is 5.82 Å².